The third kappa shape index (κ3) is 3.67. The summed E-state index contributed by atoms with van der Waals surface area (Å²) in [7, 11) is 1.51. The summed E-state index contributed by atoms with van der Waals surface area (Å²) in [6.45, 7) is 0. The predicted octanol–water partition coefficient (Wildman–Crippen LogP) is 4.65. The Hall–Kier alpha value is -2.99. The Balaban J connectivity index is 1.70. The summed E-state index contributed by atoms with van der Waals surface area (Å²) in [6, 6.07) is 15.6. The predicted molar refractivity (Wildman–Crippen MR) is 92.6 cm³/mol. The molecule has 0 fully saturated rings. The zero-order chi connectivity index (χ0) is 16.9. The molecule has 2 aromatic carbocycles. The van der Waals surface area contributed by atoms with Crippen LogP contribution in [0.25, 0.3) is 11.3 Å². The highest BCUT2D eigenvalue weighted by atomic mass is 35.5. The number of methoxy groups -OCH3 is 1. The van der Waals surface area contributed by atoms with Crippen molar-refractivity contribution in [2.45, 2.75) is 0 Å². The highest BCUT2D eigenvalue weighted by molar-refractivity contribution is 6.31. The van der Waals surface area contributed by atoms with Crippen LogP contribution in [0.5, 0.6) is 5.75 Å². The monoisotopic (exact) mass is 343 g/mol. The van der Waals surface area contributed by atoms with E-state index in [0.717, 1.165) is 5.56 Å². The van der Waals surface area contributed by atoms with Crippen molar-refractivity contribution in [3.63, 3.8) is 0 Å². The number of rotatable bonds is 4. The van der Waals surface area contributed by atoms with Crippen LogP contribution in [0, 0.1) is 0 Å². The average Bonchev–Trinajstić information content (AvgIpc) is 3.04. The average molecular weight is 344 g/mol. The van der Waals surface area contributed by atoms with Gasteiger partial charge < -0.3 is 14.6 Å². The number of nitrogens with one attached hydrogen (secondary N) is 2. The van der Waals surface area contributed by atoms with Gasteiger partial charge in [0, 0.05) is 16.7 Å². The lowest BCUT2D eigenvalue weighted by atomic mass is 10.2. The first-order chi connectivity index (χ1) is 11.7. The third-order valence-corrected chi connectivity index (χ3v) is 3.45. The normalized spacial score (nSPS) is 10.2. The standard InChI is InChI=1S/C17H14ClN3O3/c1-23-14-8-7-12(18)9-13(14)19-17(22)20-16-10-15(24-21-16)11-5-3-2-4-6-11/h2-10H,1H3,(H2,19,20,21,22). The number of halogens is 1. The van der Waals surface area contributed by atoms with E-state index < -0.39 is 6.03 Å². The van der Waals surface area contributed by atoms with E-state index in [-0.39, 0.29) is 0 Å². The molecule has 2 N–H and O–H groups in total. The molecule has 24 heavy (non-hydrogen) atoms. The minimum atomic E-state index is -0.483. The van der Waals surface area contributed by atoms with Crippen LogP contribution in [0.2, 0.25) is 5.02 Å². The number of carbonyl (C=O) groups is 1. The zero-order valence-corrected chi connectivity index (χ0v) is 13.5. The molecule has 0 saturated heterocycles. The van der Waals surface area contributed by atoms with E-state index in [9.17, 15) is 4.79 Å². The Bertz CT molecular complexity index is 849. The fourth-order valence-electron chi connectivity index (χ4n) is 2.12. The van der Waals surface area contributed by atoms with E-state index in [0.29, 0.717) is 28.0 Å². The lowest BCUT2D eigenvalue weighted by Gasteiger charge is -2.10. The number of nitrogens with zero attached hydrogens (tertiary/aromatic N) is 1. The van der Waals surface area contributed by atoms with E-state index in [1.54, 1.807) is 24.3 Å². The summed E-state index contributed by atoms with van der Waals surface area (Å²) in [5, 5.41) is 9.57. The van der Waals surface area contributed by atoms with Crippen molar-refractivity contribution in [1.29, 1.82) is 0 Å². The highest BCUT2D eigenvalue weighted by Crippen LogP contribution is 2.28. The van der Waals surface area contributed by atoms with Crippen LogP contribution in [0.4, 0.5) is 16.3 Å². The molecule has 6 nitrogen and oxygen atoms in total. The van der Waals surface area contributed by atoms with Gasteiger partial charge in [-0.05, 0) is 18.2 Å². The molecule has 122 valence electrons. The largest absolute Gasteiger partial charge is 0.495 e. The van der Waals surface area contributed by atoms with Gasteiger partial charge in [0.1, 0.15) is 5.75 Å². The third-order valence-electron chi connectivity index (χ3n) is 3.22. The molecule has 3 rings (SSSR count). The number of hydrogen-bond acceptors (Lipinski definition) is 4. The molecule has 0 unspecified atom stereocenters. The van der Waals surface area contributed by atoms with Gasteiger partial charge in [0.2, 0.25) is 0 Å². The fraction of sp³-hybridized carbons (Fsp3) is 0.0588. The maximum Gasteiger partial charge on any atom is 0.325 e. The van der Waals surface area contributed by atoms with Crippen LogP contribution in [0.15, 0.2) is 59.1 Å². The molecule has 0 aliphatic carbocycles. The van der Waals surface area contributed by atoms with Crippen LogP contribution in [-0.4, -0.2) is 18.3 Å². The highest BCUT2D eigenvalue weighted by Gasteiger charge is 2.12. The Morgan fingerprint density at radius 1 is 1.12 bits per heavy atom. The second kappa shape index (κ2) is 7.06. The lowest BCUT2D eigenvalue weighted by molar-refractivity contribution is 0.261. The van der Waals surface area contributed by atoms with Crippen molar-refractivity contribution in [2.75, 3.05) is 17.7 Å². The van der Waals surface area contributed by atoms with E-state index in [2.05, 4.69) is 15.8 Å². The first-order valence-corrected chi connectivity index (χ1v) is 7.47. The molecule has 0 atom stereocenters. The van der Waals surface area contributed by atoms with Crippen molar-refractivity contribution in [3.8, 4) is 17.1 Å². The van der Waals surface area contributed by atoms with Gasteiger partial charge in [0.25, 0.3) is 0 Å². The summed E-state index contributed by atoms with van der Waals surface area (Å²) in [5.41, 5.74) is 1.32. The first kappa shape index (κ1) is 15.9. The number of hydrogen-bond donors (Lipinski definition) is 2. The van der Waals surface area contributed by atoms with Crippen molar-refractivity contribution in [3.05, 3.63) is 59.6 Å². The molecule has 7 heteroatoms. The second-order valence-corrected chi connectivity index (χ2v) is 5.30. The van der Waals surface area contributed by atoms with Gasteiger partial charge in [-0.15, -0.1) is 0 Å². The van der Waals surface area contributed by atoms with Crippen LogP contribution in [0.1, 0.15) is 0 Å². The molecule has 1 aromatic heterocycles. The maximum atomic E-state index is 12.1. The molecule has 2 amide bonds. The van der Waals surface area contributed by atoms with Crippen LogP contribution < -0.4 is 15.4 Å². The maximum absolute atomic E-state index is 12.1. The lowest BCUT2D eigenvalue weighted by Crippen LogP contribution is -2.20. The Kier molecular flexibility index (Phi) is 4.67. The van der Waals surface area contributed by atoms with Crippen molar-refractivity contribution >= 4 is 29.1 Å². The smallest absolute Gasteiger partial charge is 0.325 e. The van der Waals surface area contributed by atoms with Gasteiger partial charge in [-0.1, -0.05) is 47.1 Å². The van der Waals surface area contributed by atoms with Crippen molar-refractivity contribution in [2.24, 2.45) is 0 Å². The number of amides is 2. The summed E-state index contributed by atoms with van der Waals surface area (Å²) in [5.74, 6) is 1.36. The van der Waals surface area contributed by atoms with Gasteiger partial charge in [0.05, 0.1) is 12.8 Å². The number of aromatic nitrogens is 1. The van der Waals surface area contributed by atoms with Gasteiger partial charge in [-0.25, -0.2) is 4.79 Å². The van der Waals surface area contributed by atoms with Gasteiger partial charge >= 0.3 is 6.03 Å². The molecule has 0 bridgehead atoms. The Labute approximate surface area is 143 Å². The topological polar surface area (TPSA) is 76.4 Å². The van der Waals surface area contributed by atoms with E-state index in [1.165, 1.54) is 7.11 Å². The summed E-state index contributed by atoms with van der Waals surface area (Å²) in [6.07, 6.45) is 0. The molecule has 0 radical (unpaired) electrons. The summed E-state index contributed by atoms with van der Waals surface area (Å²) in [4.78, 5) is 12.1. The number of carbonyl (C=O) groups excluding carboxylic acids is 1. The number of ether oxygens (including phenoxy) is 1. The SMILES string of the molecule is COc1ccc(Cl)cc1NC(=O)Nc1cc(-c2ccccc2)on1. The molecule has 0 aliphatic rings. The quantitative estimate of drug-likeness (QED) is 0.723. The molecule has 1 heterocycles. The minimum absolute atomic E-state index is 0.298. The Morgan fingerprint density at radius 3 is 2.67 bits per heavy atom. The zero-order valence-electron chi connectivity index (χ0n) is 12.7. The Morgan fingerprint density at radius 2 is 1.92 bits per heavy atom. The number of benzene rings is 2. The first-order valence-electron chi connectivity index (χ1n) is 7.09. The minimum Gasteiger partial charge on any atom is -0.495 e. The van der Waals surface area contributed by atoms with Crippen LogP contribution in [-0.2, 0) is 0 Å². The van der Waals surface area contributed by atoms with Crippen molar-refractivity contribution in [1.82, 2.24) is 5.16 Å². The number of anilines is 2. The van der Waals surface area contributed by atoms with Gasteiger partial charge in [0.15, 0.2) is 11.6 Å². The molecule has 0 saturated carbocycles. The van der Waals surface area contributed by atoms with E-state index in [1.807, 2.05) is 30.3 Å². The molecular weight excluding hydrogens is 330 g/mol. The van der Waals surface area contributed by atoms with Gasteiger partial charge in [-0.3, -0.25) is 5.32 Å². The summed E-state index contributed by atoms with van der Waals surface area (Å²) >= 11 is 5.93. The number of urea groups is 1. The van der Waals surface area contributed by atoms with Gasteiger partial charge in [-0.2, -0.15) is 0 Å². The molecular formula is C17H14ClN3O3. The second-order valence-electron chi connectivity index (χ2n) is 4.87. The molecule has 3 aromatic rings. The van der Waals surface area contributed by atoms with Crippen molar-refractivity contribution < 1.29 is 14.1 Å². The van der Waals surface area contributed by atoms with Crippen LogP contribution in [0.3, 0.4) is 0 Å². The summed E-state index contributed by atoms with van der Waals surface area (Å²) < 4.78 is 10.4. The van der Waals surface area contributed by atoms with Crippen LogP contribution >= 0.6 is 11.6 Å². The molecule has 0 spiro atoms. The fourth-order valence-corrected chi connectivity index (χ4v) is 2.29. The molecule has 0 aliphatic heterocycles. The van der Waals surface area contributed by atoms with E-state index in [4.69, 9.17) is 20.9 Å². The van der Waals surface area contributed by atoms with E-state index >= 15 is 0 Å².